The van der Waals surface area contributed by atoms with Crippen molar-refractivity contribution in [2.75, 3.05) is 0 Å². The van der Waals surface area contributed by atoms with Gasteiger partial charge in [0, 0.05) is 5.39 Å². The lowest BCUT2D eigenvalue weighted by molar-refractivity contribution is 0.0699. The van der Waals surface area contributed by atoms with Gasteiger partial charge in [0.1, 0.15) is 6.17 Å². The van der Waals surface area contributed by atoms with Crippen molar-refractivity contribution in [3.05, 3.63) is 29.5 Å². The first kappa shape index (κ1) is 10.0. The summed E-state index contributed by atoms with van der Waals surface area (Å²) < 4.78 is 17.6. The Morgan fingerprint density at radius 2 is 2.33 bits per heavy atom. The number of halogens is 1. The fourth-order valence-electron chi connectivity index (χ4n) is 1.44. The number of nitrogens with zero attached hydrogens (tertiary/aromatic N) is 1. The number of carboxylic acids is 1. The van der Waals surface area contributed by atoms with Crippen LogP contribution in [0.2, 0.25) is 0 Å². The van der Waals surface area contributed by atoms with E-state index in [4.69, 9.17) is 5.11 Å². The molecule has 0 radical (unpaired) electrons. The minimum Gasteiger partial charge on any atom is -0.478 e. The van der Waals surface area contributed by atoms with Crippen LogP contribution in [0.25, 0.3) is 10.1 Å². The summed E-state index contributed by atoms with van der Waals surface area (Å²) in [6, 6.07) is 4.79. The summed E-state index contributed by atoms with van der Waals surface area (Å²) in [5.74, 6) is -1.01. The van der Waals surface area contributed by atoms with E-state index in [0.29, 0.717) is 15.8 Å². The van der Waals surface area contributed by atoms with Crippen LogP contribution in [0.5, 0.6) is 0 Å². The van der Waals surface area contributed by atoms with E-state index in [1.165, 1.54) is 13.0 Å². The fourth-order valence-corrected chi connectivity index (χ4v) is 2.39. The number of hydrogen-bond donors (Lipinski definition) is 1. The minimum atomic E-state index is -1.18. The maximum Gasteiger partial charge on any atom is 0.337 e. The van der Waals surface area contributed by atoms with Crippen LogP contribution >= 0.6 is 11.5 Å². The van der Waals surface area contributed by atoms with Gasteiger partial charge in [-0.25, -0.2) is 9.18 Å². The van der Waals surface area contributed by atoms with E-state index in [1.54, 1.807) is 12.1 Å². The molecule has 0 spiro atoms. The molecule has 2 aromatic rings. The van der Waals surface area contributed by atoms with Crippen molar-refractivity contribution in [3.63, 3.8) is 0 Å². The highest BCUT2D eigenvalue weighted by Crippen LogP contribution is 2.31. The van der Waals surface area contributed by atoms with Crippen LogP contribution in [0.1, 0.15) is 29.1 Å². The molecule has 1 aromatic heterocycles. The molecule has 0 fully saturated rings. The second-order valence-electron chi connectivity index (χ2n) is 3.17. The minimum absolute atomic E-state index is 0.178. The van der Waals surface area contributed by atoms with Gasteiger partial charge in [-0.2, -0.15) is 4.37 Å². The molecule has 0 aliphatic carbocycles. The number of benzene rings is 1. The number of aromatic nitrogens is 1. The summed E-state index contributed by atoms with van der Waals surface area (Å²) >= 11 is 1.03. The van der Waals surface area contributed by atoms with Crippen LogP contribution < -0.4 is 0 Å². The van der Waals surface area contributed by atoms with Crippen molar-refractivity contribution in [1.29, 1.82) is 0 Å². The summed E-state index contributed by atoms with van der Waals surface area (Å²) in [5, 5.41) is 9.51. The molecule has 1 atom stereocenters. The molecule has 78 valence electrons. The molecule has 3 nitrogen and oxygen atoms in total. The topological polar surface area (TPSA) is 50.2 Å². The maximum atomic E-state index is 13.1. The summed E-state index contributed by atoms with van der Waals surface area (Å²) in [7, 11) is 0. The van der Waals surface area contributed by atoms with Crippen molar-refractivity contribution in [1.82, 2.24) is 4.37 Å². The van der Waals surface area contributed by atoms with Gasteiger partial charge in [-0.05, 0) is 24.5 Å². The molecule has 2 rings (SSSR count). The number of rotatable bonds is 2. The smallest absolute Gasteiger partial charge is 0.337 e. The highest BCUT2D eigenvalue weighted by molar-refractivity contribution is 7.13. The van der Waals surface area contributed by atoms with Crippen molar-refractivity contribution in [2.24, 2.45) is 0 Å². The Kier molecular flexibility index (Phi) is 2.40. The molecule has 5 heteroatoms. The summed E-state index contributed by atoms with van der Waals surface area (Å²) in [5.41, 5.74) is 0.495. The molecule has 1 unspecified atom stereocenters. The zero-order valence-electron chi connectivity index (χ0n) is 7.90. The average molecular weight is 225 g/mol. The molecule has 1 aromatic carbocycles. The average Bonchev–Trinajstić information content (AvgIpc) is 2.59. The molecule has 1 heterocycles. The molecule has 0 saturated carbocycles. The van der Waals surface area contributed by atoms with E-state index in [2.05, 4.69) is 4.37 Å². The van der Waals surface area contributed by atoms with Crippen molar-refractivity contribution in [3.8, 4) is 0 Å². The molecule has 15 heavy (non-hydrogen) atoms. The number of alkyl halides is 1. The quantitative estimate of drug-likeness (QED) is 0.854. The van der Waals surface area contributed by atoms with Crippen molar-refractivity contribution in [2.45, 2.75) is 13.1 Å². The monoisotopic (exact) mass is 225 g/mol. The first-order chi connectivity index (χ1) is 7.11. The van der Waals surface area contributed by atoms with E-state index in [9.17, 15) is 9.18 Å². The number of aromatic carboxylic acids is 1. The predicted molar refractivity (Wildman–Crippen MR) is 56.1 cm³/mol. The second kappa shape index (κ2) is 3.58. The van der Waals surface area contributed by atoms with E-state index in [0.717, 1.165) is 11.5 Å². The first-order valence-electron chi connectivity index (χ1n) is 4.37. The molecule has 0 bridgehead atoms. The summed E-state index contributed by atoms with van der Waals surface area (Å²) in [6.45, 7) is 1.39. The molecular weight excluding hydrogens is 217 g/mol. The standard InChI is InChI=1S/C10H8FNO2S/c1-5(11)8-6-3-2-4-7(10(13)14)9(6)15-12-8/h2-5H,1H3,(H,13,14). The molecule has 1 N–H and O–H groups in total. The Morgan fingerprint density at radius 3 is 2.93 bits per heavy atom. The lowest BCUT2D eigenvalue weighted by Gasteiger charge is -1.98. The Labute approximate surface area is 89.3 Å². The van der Waals surface area contributed by atoms with Crippen LogP contribution in [0.3, 0.4) is 0 Å². The Morgan fingerprint density at radius 1 is 1.60 bits per heavy atom. The first-order valence-corrected chi connectivity index (χ1v) is 5.14. The highest BCUT2D eigenvalue weighted by atomic mass is 32.1. The zero-order valence-corrected chi connectivity index (χ0v) is 8.71. The third-order valence-electron chi connectivity index (χ3n) is 2.13. The fraction of sp³-hybridized carbons (Fsp3) is 0.200. The van der Waals surface area contributed by atoms with Crippen LogP contribution in [0.4, 0.5) is 4.39 Å². The third-order valence-corrected chi connectivity index (χ3v) is 3.04. The lowest BCUT2D eigenvalue weighted by atomic mass is 10.1. The van der Waals surface area contributed by atoms with Gasteiger partial charge in [0.2, 0.25) is 0 Å². The Bertz CT molecular complexity index is 521. The van der Waals surface area contributed by atoms with Gasteiger partial charge in [0.25, 0.3) is 0 Å². The number of hydrogen-bond acceptors (Lipinski definition) is 3. The van der Waals surface area contributed by atoms with Crippen LogP contribution in [0, 0.1) is 0 Å². The maximum absolute atomic E-state index is 13.1. The summed E-state index contributed by atoms with van der Waals surface area (Å²) in [4.78, 5) is 10.9. The van der Waals surface area contributed by atoms with Crippen LogP contribution in [0.15, 0.2) is 18.2 Å². The van der Waals surface area contributed by atoms with Crippen molar-refractivity contribution < 1.29 is 14.3 Å². The van der Waals surface area contributed by atoms with Gasteiger partial charge >= 0.3 is 5.97 Å². The third kappa shape index (κ3) is 1.59. The highest BCUT2D eigenvalue weighted by Gasteiger charge is 2.16. The van der Waals surface area contributed by atoms with Gasteiger partial charge in [-0.3, -0.25) is 0 Å². The normalized spacial score (nSPS) is 12.9. The number of carbonyl (C=O) groups is 1. The number of fused-ring (bicyclic) bond motifs is 1. The molecular formula is C10H8FNO2S. The molecule has 0 saturated heterocycles. The largest absolute Gasteiger partial charge is 0.478 e. The zero-order chi connectivity index (χ0) is 11.0. The van der Waals surface area contributed by atoms with E-state index >= 15 is 0 Å². The van der Waals surface area contributed by atoms with Gasteiger partial charge in [0.15, 0.2) is 0 Å². The predicted octanol–water partition coefficient (Wildman–Crippen LogP) is 3.03. The Balaban J connectivity index is 2.74. The summed E-state index contributed by atoms with van der Waals surface area (Å²) in [6.07, 6.45) is -1.18. The second-order valence-corrected chi connectivity index (χ2v) is 3.94. The molecule has 0 aliphatic rings. The van der Waals surface area contributed by atoms with E-state index in [1.807, 2.05) is 0 Å². The van der Waals surface area contributed by atoms with Crippen molar-refractivity contribution >= 4 is 27.6 Å². The van der Waals surface area contributed by atoms with E-state index in [-0.39, 0.29) is 5.56 Å². The lowest BCUT2D eigenvalue weighted by Crippen LogP contribution is -1.95. The van der Waals surface area contributed by atoms with Crippen LogP contribution in [-0.2, 0) is 0 Å². The molecule has 0 aliphatic heterocycles. The van der Waals surface area contributed by atoms with Crippen LogP contribution in [-0.4, -0.2) is 15.4 Å². The molecule has 0 amide bonds. The van der Waals surface area contributed by atoms with Gasteiger partial charge < -0.3 is 5.11 Å². The number of carboxylic acid groups (broad SMARTS) is 1. The van der Waals surface area contributed by atoms with Gasteiger partial charge in [-0.15, -0.1) is 0 Å². The SMILES string of the molecule is CC(F)c1nsc2c(C(=O)O)cccc12. The van der Waals surface area contributed by atoms with Gasteiger partial charge in [0.05, 0.1) is 16.0 Å². The van der Waals surface area contributed by atoms with Gasteiger partial charge in [-0.1, -0.05) is 12.1 Å². The van der Waals surface area contributed by atoms with E-state index < -0.39 is 12.1 Å². The Hall–Kier alpha value is -1.49.